The molecule has 5 heteroatoms. The highest BCUT2D eigenvalue weighted by Gasteiger charge is 2.40. The summed E-state index contributed by atoms with van der Waals surface area (Å²) in [5.74, 6) is 1.54. The molecule has 2 aromatic carbocycles. The first-order chi connectivity index (χ1) is 19.6. The fourth-order valence-electron chi connectivity index (χ4n) is 7.31. The van der Waals surface area contributed by atoms with Crippen molar-refractivity contribution < 1.29 is 18.7 Å². The van der Waals surface area contributed by atoms with Gasteiger partial charge in [-0.15, -0.1) is 0 Å². The molecule has 1 fully saturated rings. The number of ether oxygens (including phenoxy) is 2. The maximum absolute atomic E-state index is 13.9. The number of esters is 1. The smallest absolute Gasteiger partial charge is 0.311 e. The van der Waals surface area contributed by atoms with Crippen LogP contribution in [0.25, 0.3) is 5.57 Å². The molecule has 2 atom stereocenters. The van der Waals surface area contributed by atoms with Crippen LogP contribution in [0.1, 0.15) is 116 Å². The number of likely N-dealkylation sites (tertiary alicyclic amines) is 1. The van der Waals surface area contributed by atoms with Crippen molar-refractivity contribution in [1.29, 1.82) is 0 Å². The summed E-state index contributed by atoms with van der Waals surface area (Å²) < 4.78 is 27.0. The van der Waals surface area contributed by atoms with E-state index in [0.717, 1.165) is 80.6 Å². The zero-order valence-corrected chi connectivity index (χ0v) is 25.8. The largest absolute Gasteiger partial charge is 0.483 e. The molecule has 0 amide bonds. The lowest BCUT2D eigenvalue weighted by molar-refractivity contribution is -0.134. The van der Waals surface area contributed by atoms with E-state index in [4.69, 9.17) is 9.47 Å². The number of hydrogen-bond acceptors (Lipinski definition) is 4. The van der Waals surface area contributed by atoms with Crippen molar-refractivity contribution in [2.45, 2.75) is 110 Å². The Hall–Kier alpha value is -2.66. The lowest BCUT2D eigenvalue weighted by atomic mass is 9.71. The van der Waals surface area contributed by atoms with Crippen molar-refractivity contribution in [3.63, 3.8) is 0 Å². The third-order valence-corrected chi connectivity index (χ3v) is 9.66. The SMILES string of the molecule is CCCC(C)(c1ccc(F)cc1)c1cc(OC(=O)CCCN2CCCCC2)c2c(c1)OC(C)(C)C1=C2CC(C)CC1. The predicted octanol–water partition coefficient (Wildman–Crippen LogP) is 8.85. The van der Waals surface area contributed by atoms with Crippen LogP contribution in [0.4, 0.5) is 4.39 Å². The average Bonchev–Trinajstić information content (AvgIpc) is 2.93. The van der Waals surface area contributed by atoms with Crippen molar-refractivity contribution in [1.82, 2.24) is 4.90 Å². The third-order valence-electron chi connectivity index (χ3n) is 9.66. The summed E-state index contributed by atoms with van der Waals surface area (Å²) in [5, 5.41) is 0. The molecular weight excluding hydrogens is 513 g/mol. The number of rotatable bonds is 9. The van der Waals surface area contributed by atoms with E-state index in [1.165, 1.54) is 42.5 Å². The molecule has 222 valence electrons. The molecule has 2 unspecified atom stereocenters. The van der Waals surface area contributed by atoms with Gasteiger partial charge in [0.2, 0.25) is 0 Å². The Kier molecular flexibility index (Phi) is 8.94. The number of piperidine rings is 1. The lowest BCUT2D eigenvalue weighted by Crippen LogP contribution is -2.37. The monoisotopic (exact) mass is 561 g/mol. The first-order valence-corrected chi connectivity index (χ1v) is 15.9. The van der Waals surface area contributed by atoms with Gasteiger partial charge in [-0.05, 0) is 131 Å². The molecule has 0 N–H and O–H groups in total. The minimum absolute atomic E-state index is 0.184. The Bertz CT molecular complexity index is 1270. The van der Waals surface area contributed by atoms with Gasteiger partial charge < -0.3 is 14.4 Å². The van der Waals surface area contributed by atoms with Crippen LogP contribution in [-0.2, 0) is 10.2 Å². The van der Waals surface area contributed by atoms with Gasteiger partial charge in [-0.25, -0.2) is 4.39 Å². The van der Waals surface area contributed by atoms with Gasteiger partial charge >= 0.3 is 5.97 Å². The number of carbonyl (C=O) groups is 1. The second-order valence-electron chi connectivity index (χ2n) is 13.3. The van der Waals surface area contributed by atoms with Gasteiger partial charge in [0, 0.05) is 11.8 Å². The van der Waals surface area contributed by atoms with Crippen LogP contribution >= 0.6 is 0 Å². The number of nitrogens with zero attached hydrogens (tertiary/aromatic N) is 1. The molecular formula is C36H48FNO3. The molecule has 2 heterocycles. The van der Waals surface area contributed by atoms with E-state index in [1.807, 2.05) is 12.1 Å². The Morgan fingerprint density at radius 3 is 2.56 bits per heavy atom. The fraction of sp³-hybridized carbons (Fsp3) is 0.583. The van der Waals surface area contributed by atoms with Crippen LogP contribution in [0.3, 0.4) is 0 Å². The van der Waals surface area contributed by atoms with Crippen LogP contribution < -0.4 is 9.47 Å². The molecule has 0 spiro atoms. The Balaban J connectivity index is 1.54. The topological polar surface area (TPSA) is 38.8 Å². The predicted molar refractivity (Wildman–Crippen MR) is 164 cm³/mol. The molecule has 4 nitrogen and oxygen atoms in total. The fourth-order valence-corrected chi connectivity index (χ4v) is 7.31. The second-order valence-corrected chi connectivity index (χ2v) is 13.3. The second kappa shape index (κ2) is 12.3. The highest BCUT2D eigenvalue weighted by atomic mass is 19.1. The molecule has 0 aromatic heterocycles. The molecule has 2 aromatic rings. The van der Waals surface area contributed by atoms with E-state index in [1.54, 1.807) is 0 Å². The molecule has 2 aliphatic heterocycles. The van der Waals surface area contributed by atoms with Gasteiger partial charge in [0.1, 0.15) is 22.9 Å². The van der Waals surface area contributed by atoms with E-state index in [0.29, 0.717) is 18.1 Å². The summed E-state index contributed by atoms with van der Waals surface area (Å²) in [6.07, 6.45) is 9.93. The highest BCUT2D eigenvalue weighted by molar-refractivity contribution is 5.84. The standard InChI is InChI=1S/C36H48FNO3/c1-6-18-36(5,26-13-15-28(37)16-14-26)27-23-31(40-33(39)11-10-21-38-19-8-7-9-20-38)34-29-22-25(2)12-17-30(29)35(3,4)41-32(34)24-27/h13-16,23-25H,6-12,17-22H2,1-5H3. The van der Waals surface area contributed by atoms with Crippen LogP contribution in [0, 0.1) is 11.7 Å². The molecule has 1 aliphatic carbocycles. The third kappa shape index (κ3) is 6.40. The van der Waals surface area contributed by atoms with Crippen molar-refractivity contribution in [3.8, 4) is 11.5 Å². The highest BCUT2D eigenvalue weighted by Crippen LogP contribution is 2.53. The van der Waals surface area contributed by atoms with E-state index in [9.17, 15) is 9.18 Å². The average molecular weight is 562 g/mol. The Morgan fingerprint density at radius 2 is 1.85 bits per heavy atom. The van der Waals surface area contributed by atoms with Gasteiger partial charge in [0.05, 0.1) is 5.56 Å². The molecule has 0 radical (unpaired) electrons. The van der Waals surface area contributed by atoms with E-state index in [2.05, 4.69) is 51.7 Å². The van der Waals surface area contributed by atoms with Crippen molar-refractivity contribution >= 4 is 11.5 Å². The zero-order chi connectivity index (χ0) is 29.2. The number of hydrogen-bond donors (Lipinski definition) is 0. The van der Waals surface area contributed by atoms with Crippen molar-refractivity contribution in [2.75, 3.05) is 19.6 Å². The molecule has 0 saturated carbocycles. The summed E-state index contributed by atoms with van der Waals surface area (Å²) in [6.45, 7) is 14.2. The minimum atomic E-state index is -0.423. The number of halogens is 1. The maximum Gasteiger partial charge on any atom is 0.311 e. The number of benzene rings is 2. The van der Waals surface area contributed by atoms with E-state index in [-0.39, 0.29) is 11.8 Å². The van der Waals surface area contributed by atoms with Crippen molar-refractivity contribution in [2.24, 2.45) is 5.92 Å². The first kappa shape index (κ1) is 29.8. The van der Waals surface area contributed by atoms with E-state index < -0.39 is 11.0 Å². The summed E-state index contributed by atoms with van der Waals surface area (Å²) in [6, 6.07) is 11.1. The molecule has 5 rings (SSSR count). The van der Waals surface area contributed by atoms with Crippen molar-refractivity contribution in [3.05, 3.63) is 64.5 Å². The minimum Gasteiger partial charge on any atom is -0.483 e. The Labute approximate surface area is 246 Å². The zero-order valence-electron chi connectivity index (χ0n) is 25.8. The summed E-state index contributed by atoms with van der Waals surface area (Å²) in [7, 11) is 0. The molecule has 0 bridgehead atoms. The molecule has 41 heavy (non-hydrogen) atoms. The van der Waals surface area contributed by atoms with Gasteiger partial charge in [-0.1, -0.05) is 45.7 Å². The van der Waals surface area contributed by atoms with E-state index >= 15 is 0 Å². The van der Waals surface area contributed by atoms with Gasteiger partial charge in [0.25, 0.3) is 0 Å². The summed E-state index contributed by atoms with van der Waals surface area (Å²) in [4.78, 5) is 15.8. The molecule has 3 aliphatic rings. The molecule has 1 saturated heterocycles. The summed E-state index contributed by atoms with van der Waals surface area (Å²) >= 11 is 0. The number of carbonyl (C=O) groups excluding carboxylic acids is 1. The van der Waals surface area contributed by atoms with Crippen LogP contribution in [-0.4, -0.2) is 36.1 Å². The number of allylic oxidation sites excluding steroid dienone is 1. The number of fused-ring (bicyclic) bond motifs is 2. The van der Waals surface area contributed by atoms with Crippen LogP contribution in [0.15, 0.2) is 42.0 Å². The Morgan fingerprint density at radius 1 is 1.12 bits per heavy atom. The van der Waals surface area contributed by atoms with Crippen LogP contribution in [0.2, 0.25) is 0 Å². The maximum atomic E-state index is 13.9. The van der Waals surface area contributed by atoms with Crippen LogP contribution in [0.5, 0.6) is 11.5 Å². The normalized spacial score (nSPS) is 21.9. The lowest BCUT2D eigenvalue weighted by Gasteiger charge is -2.42. The van der Waals surface area contributed by atoms with Gasteiger partial charge in [-0.2, -0.15) is 0 Å². The quantitative estimate of drug-likeness (QED) is 0.226. The summed E-state index contributed by atoms with van der Waals surface area (Å²) in [5.41, 5.74) is 4.83. The van der Waals surface area contributed by atoms with Gasteiger partial charge in [0.15, 0.2) is 0 Å². The first-order valence-electron chi connectivity index (χ1n) is 15.9. The van der Waals surface area contributed by atoms with Gasteiger partial charge in [-0.3, -0.25) is 4.79 Å².